The first kappa shape index (κ1) is 28.2. The van der Waals surface area contributed by atoms with E-state index in [1.165, 1.54) is 19.2 Å². The number of hydrogen-bond acceptors (Lipinski definition) is 7. The molecule has 1 heterocycles. The minimum absolute atomic E-state index is 0.163. The van der Waals surface area contributed by atoms with Gasteiger partial charge in [0.15, 0.2) is 10.9 Å². The standard InChI is InChI=1S/C26H20Cl2N4O5S2/c1-36-21-5-3-2-4-20(21)30-23(33)14-37-17-9-6-15(7-10-17)12-22-24(34)32(26(38)39-22)31-25(35)29-16-8-11-18(27)19(28)13-16/h2-13H,14H2,1H3,(H,30,33)(H2,29,31,35)/b22-12-. The summed E-state index contributed by atoms with van der Waals surface area (Å²) in [4.78, 5) is 37.8. The first-order valence-corrected chi connectivity index (χ1v) is 13.2. The highest BCUT2D eigenvalue weighted by Crippen LogP contribution is 2.32. The van der Waals surface area contributed by atoms with Crippen LogP contribution in [-0.4, -0.2) is 40.9 Å². The molecule has 1 aliphatic rings. The van der Waals surface area contributed by atoms with Gasteiger partial charge in [-0.25, -0.2) is 10.2 Å². The van der Waals surface area contributed by atoms with Crippen LogP contribution in [0.2, 0.25) is 10.0 Å². The Morgan fingerprint density at radius 2 is 1.77 bits per heavy atom. The van der Waals surface area contributed by atoms with Crippen molar-refractivity contribution >= 4 is 86.8 Å². The summed E-state index contributed by atoms with van der Waals surface area (Å²) < 4.78 is 10.9. The number of thiocarbonyl (C=S) groups is 1. The van der Waals surface area contributed by atoms with Crippen molar-refractivity contribution in [2.24, 2.45) is 0 Å². The van der Waals surface area contributed by atoms with Gasteiger partial charge < -0.3 is 20.1 Å². The minimum Gasteiger partial charge on any atom is -0.495 e. The number of para-hydroxylation sites is 2. The fourth-order valence-corrected chi connectivity index (χ4v) is 4.77. The molecule has 1 fully saturated rings. The van der Waals surface area contributed by atoms with E-state index in [4.69, 9.17) is 44.9 Å². The molecule has 0 spiro atoms. The molecule has 13 heteroatoms. The third-order valence-corrected chi connectivity index (χ3v) is 7.15. The van der Waals surface area contributed by atoms with Gasteiger partial charge in [0, 0.05) is 5.69 Å². The van der Waals surface area contributed by atoms with Crippen molar-refractivity contribution in [2.45, 2.75) is 0 Å². The van der Waals surface area contributed by atoms with E-state index in [1.807, 2.05) is 0 Å². The molecule has 1 saturated heterocycles. The van der Waals surface area contributed by atoms with Gasteiger partial charge in [0.1, 0.15) is 11.5 Å². The van der Waals surface area contributed by atoms with Crippen LogP contribution >= 0.6 is 47.2 Å². The smallest absolute Gasteiger partial charge is 0.338 e. The average Bonchev–Trinajstić information content (AvgIpc) is 3.17. The second-order valence-electron chi connectivity index (χ2n) is 7.82. The molecule has 0 radical (unpaired) electrons. The predicted octanol–water partition coefficient (Wildman–Crippen LogP) is 5.96. The molecule has 0 saturated carbocycles. The van der Waals surface area contributed by atoms with Crippen molar-refractivity contribution in [3.63, 3.8) is 0 Å². The first-order chi connectivity index (χ1) is 18.7. The Morgan fingerprint density at radius 3 is 2.49 bits per heavy atom. The first-order valence-electron chi connectivity index (χ1n) is 11.2. The van der Waals surface area contributed by atoms with Crippen LogP contribution in [0.5, 0.6) is 11.5 Å². The number of ether oxygens (including phenoxy) is 2. The highest BCUT2D eigenvalue weighted by molar-refractivity contribution is 8.26. The number of carbonyl (C=O) groups excluding carboxylic acids is 3. The Balaban J connectivity index is 1.31. The highest BCUT2D eigenvalue weighted by Gasteiger charge is 2.33. The quantitative estimate of drug-likeness (QED) is 0.216. The molecule has 39 heavy (non-hydrogen) atoms. The van der Waals surface area contributed by atoms with Crippen LogP contribution in [0.3, 0.4) is 0 Å². The van der Waals surface area contributed by atoms with Crippen molar-refractivity contribution in [3.05, 3.63) is 87.2 Å². The Morgan fingerprint density at radius 1 is 1.03 bits per heavy atom. The van der Waals surface area contributed by atoms with Crippen LogP contribution in [0.15, 0.2) is 71.6 Å². The molecule has 1 aliphatic heterocycles. The lowest BCUT2D eigenvalue weighted by Crippen LogP contribution is -2.46. The molecule has 4 rings (SSSR count). The number of benzene rings is 3. The van der Waals surface area contributed by atoms with Gasteiger partial charge in [-0.15, -0.1) is 0 Å². The van der Waals surface area contributed by atoms with Crippen molar-refractivity contribution in [1.82, 2.24) is 10.4 Å². The average molecular weight is 604 g/mol. The Kier molecular flexibility index (Phi) is 9.31. The topological polar surface area (TPSA) is 109 Å². The SMILES string of the molecule is COc1ccccc1NC(=O)COc1ccc(/C=C2\SC(=S)N(NC(=O)Nc3ccc(Cl)c(Cl)c3)C2=O)cc1. The zero-order valence-electron chi connectivity index (χ0n) is 20.2. The van der Waals surface area contributed by atoms with Gasteiger partial charge in [0.2, 0.25) is 0 Å². The van der Waals surface area contributed by atoms with E-state index in [-0.39, 0.29) is 21.9 Å². The molecule has 3 N–H and O–H groups in total. The lowest BCUT2D eigenvalue weighted by atomic mass is 10.2. The third-order valence-electron chi connectivity index (χ3n) is 5.11. The summed E-state index contributed by atoms with van der Waals surface area (Å²) in [5, 5.41) is 6.90. The number of hydrogen-bond donors (Lipinski definition) is 3. The fourth-order valence-electron chi connectivity index (χ4n) is 3.29. The predicted molar refractivity (Wildman–Crippen MR) is 157 cm³/mol. The van der Waals surface area contributed by atoms with Gasteiger partial charge in [0.25, 0.3) is 11.8 Å². The van der Waals surface area contributed by atoms with E-state index in [9.17, 15) is 14.4 Å². The zero-order chi connectivity index (χ0) is 27.9. The molecular weight excluding hydrogens is 583 g/mol. The van der Waals surface area contributed by atoms with Crippen LogP contribution in [0.1, 0.15) is 5.56 Å². The summed E-state index contributed by atoms with van der Waals surface area (Å²) in [6, 6.07) is 17.8. The number of amides is 4. The molecule has 3 aromatic carbocycles. The van der Waals surface area contributed by atoms with Gasteiger partial charge in [-0.3, -0.25) is 9.59 Å². The van der Waals surface area contributed by atoms with Crippen LogP contribution in [-0.2, 0) is 9.59 Å². The number of anilines is 2. The summed E-state index contributed by atoms with van der Waals surface area (Å²) >= 11 is 18.1. The van der Waals surface area contributed by atoms with Crippen LogP contribution in [0.25, 0.3) is 6.08 Å². The third kappa shape index (κ3) is 7.42. The number of carbonyl (C=O) groups is 3. The molecule has 9 nitrogen and oxygen atoms in total. The second-order valence-corrected chi connectivity index (χ2v) is 10.3. The lowest BCUT2D eigenvalue weighted by molar-refractivity contribution is -0.123. The van der Waals surface area contributed by atoms with Gasteiger partial charge in [-0.05, 0) is 66.3 Å². The van der Waals surface area contributed by atoms with Crippen molar-refractivity contribution < 1.29 is 23.9 Å². The van der Waals surface area contributed by atoms with Crippen LogP contribution in [0.4, 0.5) is 16.2 Å². The minimum atomic E-state index is -0.679. The lowest BCUT2D eigenvalue weighted by Gasteiger charge is -2.16. The number of methoxy groups -OCH3 is 1. The number of nitrogens with one attached hydrogen (secondary N) is 3. The van der Waals surface area contributed by atoms with E-state index in [0.29, 0.717) is 38.4 Å². The maximum absolute atomic E-state index is 12.8. The number of halogens is 2. The number of rotatable bonds is 8. The van der Waals surface area contributed by atoms with E-state index < -0.39 is 11.9 Å². The molecule has 0 aliphatic carbocycles. The van der Waals surface area contributed by atoms with Gasteiger partial charge in [-0.2, -0.15) is 5.01 Å². The van der Waals surface area contributed by atoms with Crippen LogP contribution in [0, 0.1) is 0 Å². The molecule has 200 valence electrons. The molecule has 0 bridgehead atoms. The molecule has 0 aromatic heterocycles. The van der Waals surface area contributed by atoms with E-state index >= 15 is 0 Å². The molecular formula is C26H20Cl2N4O5S2. The number of nitrogens with zero attached hydrogens (tertiary/aromatic N) is 1. The summed E-state index contributed by atoms with van der Waals surface area (Å²) in [6.07, 6.45) is 1.63. The maximum atomic E-state index is 12.8. The second kappa shape index (κ2) is 12.9. The Labute approximate surface area is 243 Å². The van der Waals surface area contributed by atoms with Crippen molar-refractivity contribution in [3.8, 4) is 11.5 Å². The van der Waals surface area contributed by atoms with E-state index in [0.717, 1.165) is 16.8 Å². The number of hydrazine groups is 1. The van der Waals surface area contributed by atoms with Crippen LogP contribution < -0.4 is 25.5 Å². The summed E-state index contributed by atoms with van der Waals surface area (Å²) in [5.41, 5.74) is 4.06. The zero-order valence-corrected chi connectivity index (χ0v) is 23.3. The number of thioether (sulfide) groups is 1. The summed E-state index contributed by atoms with van der Waals surface area (Å²) in [6.45, 7) is -0.202. The highest BCUT2D eigenvalue weighted by atomic mass is 35.5. The Bertz CT molecular complexity index is 1470. The summed E-state index contributed by atoms with van der Waals surface area (Å²) in [5.74, 6) is 0.184. The molecule has 0 atom stereocenters. The molecule has 3 aromatic rings. The van der Waals surface area contributed by atoms with Gasteiger partial charge in [-0.1, -0.05) is 59.2 Å². The monoisotopic (exact) mass is 602 g/mol. The van der Waals surface area contributed by atoms with E-state index in [2.05, 4.69) is 16.1 Å². The fraction of sp³-hybridized carbons (Fsp3) is 0.0769. The molecule has 4 amide bonds. The summed E-state index contributed by atoms with van der Waals surface area (Å²) in [7, 11) is 1.52. The van der Waals surface area contributed by atoms with E-state index in [1.54, 1.807) is 60.7 Å². The normalized spacial score (nSPS) is 13.8. The van der Waals surface area contributed by atoms with Gasteiger partial charge >= 0.3 is 6.03 Å². The molecule has 0 unspecified atom stereocenters. The van der Waals surface area contributed by atoms with Crippen molar-refractivity contribution in [1.29, 1.82) is 0 Å². The largest absolute Gasteiger partial charge is 0.495 e. The van der Waals surface area contributed by atoms with Crippen molar-refractivity contribution in [2.75, 3.05) is 24.4 Å². The maximum Gasteiger partial charge on any atom is 0.338 e. The van der Waals surface area contributed by atoms with Gasteiger partial charge in [0.05, 0.1) is 27.7 Å². The number of urea groups is 1. The Hall–Kier alpha value is -3.77.